The molecule has 0 unspecified atom stereocenters. The van der Waals surface area contributed by atoms with Gasteiger partial charge in [-0.15, -0.1) is 5.10 Å². The summed E-state index contributed by atoms with van der Waals surface area (Å²) >= 11 is 0. The first-order valence-electron chi connectivity index (χ1n) is 8.61. The molecule has 8 heteroatoms. The van der Waals surface area contributed by atoms with Crippen molar-refractivity contribution in [3.8, 4) is 17.1 Å². The summed E-state index contributed by atoms with van der Waals surface area (Å²) in [5.74, 6) is 0.495. The van der Waals surface area contributed by atoms with E-state index in [1.165, 1.54) is 7.11 Å². The molecule has 3 aromatic rings. The van der Waals surface area contributed by atoms with Gasteiger partial charge in [0, 0.05) is 12.1 Å². The van der Waals surface area contributed by atoms with E-state index in [1.807, 2.05) is 43.3 Å². The second-order valence-electron chi connectivity index (χ2n) is 5.99. The molecule has 1 heterocycles. The quantitative estimate of drug-likeness (QED) is 0.675. The van der Waals surface area contributed by atoms with Gasteiger partial charge < -0.3 is 4.74 Å². The Balaban J connectivity index is 1.96. The van der Waals surface area contributed by atoms with Crippen LogP contribution in [-0.4, -0.2) is 30.3 Å². The number of sulfonamides is 1. The van der Waals surface area contributed by atoms with Crippen molar-refractivity contribution in [1.82, 2.24) is 19.5 Å². The number of nitrogens with one attached hydrogen (secondary N) is 1. The SMILES string of the molecule is CCn1c(OC)nnc1[C@@H](C)NS(=O)(=O)c1ccccc1-c1ccccc1. The molecule has 1 N–H and O–H groups in total. The van der Waals surface area contributed by atoms with Crippen molar-refractivity contribution in [2.45, 2.75) is 31.3 Å². The second-order valence-corrected chi connectivity index (χ2v) is 7.68. The number of nitrogens with zero attached hydrogens (tertiary/aromatic N) is 3. The van der Waals surface area contributed by atoms with E-state index in [0.29, 0.717) is 23.9 Å². The Labute approximate surface area is 159 Å². The molecule has 0 aliphatic heterocycles. The number of hydrogen-bond donors (Lipinski definition) is 1. The van der Waals surface area contributed by atoms with Crippen LogP contribution >= 0.6 is 0 Å². The van der Waals surface area contributed by atoms with Crippen LogP contribution in [-0.2, 0) is 16.6 Å². The molecule has 7 nitrogen and oxygen atoms in total. The molecule has 0 aliphatic carbocycles. The van der Waals surface area contributed by atoms with Gasteiger partial charge in [0.25, 0.3) is 0 Å². The number of aromatic nitrogens is 3. The van der Waals surface area contributed by atoms with Gasteiger partial charge in [-0.05, 0) is 25.5 Å². The maximum absolute atomic E-state index is 13.1. The first kappa shape index (κ1) is 19.1. The first-order chi connectivity index (χ1) is 13.0. The fourth-order valence-corrected chi connectivity index (χ4v) is 4.41. The van der Waals surface area contributed by atoms with Crippen LogP contribution in [0.3, 0.4) is 0 Å². The third kappa shape index (κ3) is 3.86. The van der Waals surface area contributed by atoms with E-state index in [2.05, 4.69) is 14.9 Å². The summed E-state index contributed by atoms with van der Waals surface area (Å²) in [5.41, 5.74) is 1.48. The minimum absolute atomic E-state index is 0.220. The molecule has 0 fully saturated rings. The highest BCUT2D eigenvalue weighted by Gasteiger charge is 2.25. The molecule has 0 saturated heterocycles. The van der Waals surface area contributed by atoms with Crippen molar-refractivity contribution in [2.75, 3.05) is 7.11 Å². The lowest BCUT2D eigenvalue weighted by Crippen LogP contribution is -2.29. The summed E-state index contributed by atoms with van der Waals surface area (Å²) < 4.78 is 35.8. The van der Waals surface area contributed by atoms with Gasteiger partial charge in [-0.1, -0.05) is 53.6 Å². The van der Waals surface area contributed by atoms with Gasteiger partial charge in [0.05, 0.1) is 18.0 Å². The number of ether oxygens (including phenoxy) is 1. The van der Waals surface area contributed by atoms with E-state index in [-0.39, 0.29) is 4.90 Å². The van der Waals surface area contributed by atoms with Crippen molar-refractivity contribution in [2.24, 2.45) is 0 Å². The lowest BCUT2D eigenvalue weighted by Gasteiger charge is -2.17. The van der Waals surface area contributed by atoms with Crippen molar-refractivity contribution < 1.29 is 13.2 Å². The van der Waals surface area contributed by atoms with E-state index >= 15 is 0 Å². The van der Waals surface area contributed by atoms with Crippen LogP contribution in [0.15, 0.2) is 59.5 Å². The third-order valence-electron chi connectivity index (χ3n) is 4.22. The van der Waals surface area contributed by atoms with Gasteiger partial charge >= 0.3 is 6.01 Å². The van der Waals surface area contributed by atoms with E-state index in [9.17, 15) is 8.42 Å². The fourth-order valence-electron chi connectivity index (χ4n) is 2.97. The van der Waals surface area contributed by atoms with E-state index in [0.717, 1.165) is 5.56 Å². The van der Waals surface area contributed by atoms with Crippen LogP contribution in [0.25, 0.3) is 11.1 Å². The Morgan fingerprint density at radius 1 is 1.07 bits per heavy atom. The van der Waals surface area contributed by atoms with E-state index < -0.39 is 16.1 Å². The van der Waals surface area contributed by atoms with E-state index in [4.69, 9.17) is 4.74 Å². The largest absolute Gasteiger partial charge is 0.467 e. The Morgan fingerprint density at radius 3 is 2.41 bits per heavy atom. The topological polar surface area (TPSA) is 86.1 Å². The predicted molar refractivity (Wildman–Crippen MR) is 103 cm³/mol. The molecular weight excluding hydrogens is 364 g/mol. The van der Waals surface area contributed by atoms with Crippen LogP contribution in [0.1, 0.15) is 25.7 Å². The summed E-state index contributed by atoms with van der Waals surface area (Å²) in [6, 6.07) is 16.1. The van der Waals surface area contributed by atoms with Crippen LogP contribution in [0.2, 0.25) is 0 Å². The molecule has 1 atom stereocenters. The summed E-state index contributed by atoms with van der Waals surface area (Å²) in [7, 11) is -2.28. The van der Waals surface area contributed by atoms with Gasteiger partial charge in [0.1, 0.15) is 0 Å². The Bertz CT molecular complexity index is 1020. The Hall–Kier alpha value is -2.71. The average molecular weight is 386 g/mol. The van der Waals surface area contributed by atoms with Crippen molar-refractivity contribution in [3.63, 3.8) is 0 Å². The minimum Gasteiger partial charge on any atom is -0.467 e. The van der Waals surface area contributed by atoms with Crippen LogP contribution < -0.4 is 9.46 Å². The molecule has 27 heavy (non-hydrogen) atoms. The normalized spacial score (nSPS) is 12.7. The summed E-state index contributed by atoms with van der Waals surface area (Å²) in [6.07, 6.45) is 0. The number of hydrogen-bond acceptors (Lipinski definition) is 5. The minimum atomic E-state index is -3.78. The van der Waals surface area contributed by atoms with Gasteiger partial charge in [-0.2, -0.15) is 0 Å². The molecule has 0 aliphatic rings. The van der Waals surface area contributed by atoms with Gasteiger partial charge in [0.2, 0.25) is 10.0 Å². The highest BCUT2D eigenvalue weighted by atomic mass is 32.2. The highest BCUT2D eigenvalue weighted by molar-refractivity contribution is 7.89. The van der Waals surface area contributed by atoms with Crippen molar-refractivity contribution in [3.05, 3.63) is 60.4 Å². The standard InChI is InChI=1S/C19H22N4O3S/c1-4-23-18(20-21-19(23)26-3)14(2)22-27(24,25)17-13-9-8-12-16(17)15-10-6-5-7-11-15/h5-14,22H,4H2,1-3H3/t14-/m1/s1. The molecule has 0 amide bonds. The van der Waals surface area contributed by atoms with E-state index in [1.54, 1.807) is 29.7 Å². The van der Waals surface area contributed by atoms with Crippen LogP contribution in [0.4, 0.5) is 0 Å². The van der Waals surface area contributed by atoms with Crippen LogP contribution in [0.5, 0.6) is 6.01 Å². The fraction of sp³-hybridized carbons (Fsp3) is 0.263. The molecule has 0 radical (unpaired) electrons. The monoisotopic (exact) mass is 386 g/mol. The lowest BCUT2D eigenvalue weighted by atomic mass is 10.1. The van der Waals surface area contributed by atoms with Crippen molar-refractivity contribution >= 4 is 10.0 Å². The highest BCUT2D eigenvalue weighted by Crippen LogP contribution is 2.28. The lowest BCUT2D eigenvalue weighted by molar-refractivity contribution is 0.354. The third-order valence-corrected chi connectivity index (χ3v) is 5.82. The Morgan fingerprint density at radius 2 is 1.74 bits per heavy atom. The number of methoxy groups -OCH3 is 1. The summed E-state index contributed by atoms with van der Waals surface area (Å²) in [4.78, 5) is 0.220. The summed E-state index contributed by atoms with van der Waals surface area (Å²) in [5, 5.41) is 8.03. The Kier molecular flexibility index (Phi) is 5.57. The van der Waals surface area contributed by atoms with Crippen LogP contribution in [0, 0.1) is 0 Å². The zero-order chi connectivity index (χ0) is 19.4. The molecule has 2 aromatic carbocycles. The zero-order valence-electron chi connectivity index (χ0n) is 15.5. The molecule has 0 bridgehead atoms. The predicted octanol–water partition coefficient (Wildman–Crippen LogP) is 3.01. The average Bonchev–Trinajstić information content (AvgIpc) is 3.11. The number of rotatable bonds is 7. The van der Waals surface area contributed by atoms with Gasteiger partial charge in [-0.25, -0.2) is 13.1 Å². The molecular formula is C19H22N4O3S. The maximum atomic E-state index is 13.1. The van der Waals surface area contributed by atoms with Crippen molar-refractivity contribution in [1.29, 1.82) is 0 Å². The smallest absolute Gasteiger partial charge is 0.316 e. The molecule has 0 spiro atoms. The summed E-state index contributed by atoms with van der Waals surface area (Å²) in [6.45, 7) is 4.22. The van der Waals surface area contributed by atoms with Gasteiger partial charge in [0.15, 0.2) is 5.82 Å². The molecule has 1 aromatic heterocycles. The molecule has 3 rings (SSSR count). The number of benzene rings is 2. The zero-order valence-corrected chi connectivity index (χ0v) is 16.3. The first-order valence-corrected chi connectivity index (χ1v) is 10.1. The molecule has 0 saturated carbocycles. The molecule has 142 valence electrons. The second kappa shape index (κ2) is 7.89. The van der Waals surface area contributed by atoms with Gasteiger partial charge in [-0.3, -0.25) is 4.57 Å². The maximum Gasteiger partial charge on any atom is 0.316 e.